The van der Waals surface area contributed by atoms with E-state index in [2.05, 4.69) is 15.1 Å². The molecule has 0 atom stereocenters. The second-order valence-corrected chi connectivity index (χ2v) is 6.79. The maximum absolute atomic E-state index is 12.6. The molecule has 3 aromatic rings. The number of carbonyl (C=O) groups excluding carboxylic acids is 1. The van der Waals surface area contributed by atoms with Crippen LogP contribution in [0.1, 0.15) is 10.5 Å². The third kappa shape index (κ3) is 3.48. The van der Waals surface area contributed by atoms with Crippen LogP contribution >= 0.6 is 0 Å². The SMILES string of the molecule is COc1cc2nc(N3CCN(C(=O)c4ccn(C)n4)CC3)nc(N)c2cc1OC. The Balaban J connectivity index is 1.54. The predicted octanol–water partition coefficient (Wildman–Crippen LogP) is 0.925. The number of fused-ring (bicyclic) bond motifs is 1. The molecule has 1 fully saturated rings. The van der Waals surface area contributed by atoms with Crippen LogP contribution in [0.15, 0.2) is 24.4 Å². The molecule has 152 valence electrons. The van der Waals surface area contributed by atoms with E-state index in [0.717, 1.165) is 0 Å². The average molecular weight is 397 g/mol. The van der Waals surface area contributed by atoms with Gasteiger partial charge in [0.15, 0.2) is 11.5 Å². The van der Waals surface area contributed by atoms with Crippen molar-refractivity contribution in [2.45, 2.75) is 0 Å². The van der Waals surface area contributed by atoms with Gasteiger partial charge in [0, 0.05) is 50.9 Å². The quantitative estimate of drug-likeness (QED) is 0.692. The summed E-state index contributed by atoms with van der Waals surface area (Å²) in [5.41, 5.74) is 7.31. The molecule has 1 aromatic carbocycles. The van der Waals surface area contributed by atoms with Gasteiger partial charge in [-0.25, -0.2) is 4.98 Å². The lowest BCUT2D eigenvalue weighted by Crippen LogP contribution is -2.49. The molecule has 10 heteroatoms. The van der Waals surface area contributed by atoms with E-state index in [4.69, 9.17) is 15.2 Å². The number of nitrogens with two attached hydrogens (primary N) is 1. The molecule has 0 saturated carbocycles. The van der Waals surface area contributed by atoms with Crippen molar-refractivity contribution in [1.82, 2.24) is 24.6 Å². The standard InChI is InChI=1S/C19H23N7O3/c1-24-5-4-13(23-24)18(27)25-6-8-26(9-7-25)19-21-14-11-16(29-3)15(28-2)10-12(14)17(20)22-19/h4-5,10-11H,6-9H2,1-3H3,(H2,20,21,22). The van der Waals surface area contributed by atoms with Crippen LogP contribution in [0.2, 0.25) is 0 Å². The molecular weight excluding hydrogens is 374 g/mol. The highest BCUT2D eigenvalue weighted by molar-refractivity contribution is 5.93. The van der Waals surface area contributed by atoms with E-state index >= 15 is 0 Å². The summed E-state index contributed by atoms with van der Waals surface area (Å²) in [7, 11) is 4.94. The van der Waals surface area contributed by atoms with E-state index in [1.165, 1.54) is 0 Å². The number of aromatic nitrogens is 4. The highest BCUT2D eigenvalue weighted by Crippen LogP contribution is 2.34. The van der Waals surface area contributed by atoms with Crippen LogP contribution in [0, 0.1) is 0 Å². The zero-order valence-corrected chi connectivity index (χ0v) is 16.6. The summed E-state index contributed by atoms with van der Waals surface area (Å²) in [5, 5.41) is 4.89. The third-order valence-electron chi connectivity index (χ3n) is 5.00. The van der Waals surface area contributed by atoms with Crippen LogP contribution < -0.4 is 20.1 Å². The summed E-state index contributed by atoms with van der Waals surface area (Å²) in [6.45, 7) is 2.33. The maximum Gasteiger partial charge on any atom is 0.274 e. The van der Waals surface area contributed by atoms with Gasteiger partial charge in [-0.15, -0.1) is 0 Å². The largest absolute Gasteiger partial charge is 0.493 e. The van der Waals surface area contributed by atoms with Crippen molar-refractivity contribution in [2.75, 3.05) is 51.0 Å². The first kappa shape index (κ1) is 18.8. The fourth-order valence-electron chi connectivity index (χ4n) is 3.41. The van der Waals surface area contributed by atoms with Crippen LogP contribution in [-0.2, 0) is 7.05 Å². The number of carbonyl (C=O) groups is 1. The number of hydrogen-bond acceptors (Lipinski definition) is 8. The number of amides is 1. The second kappa shape index (κ2) is 7.46. The Kier molecular flexibility index (Phi) is 4.83. The van der Waals surface area contributed by atoms with Gasteiger partial charge >= 0.3 is 0 Å². The number of rotatable bonds is 4. The Morgan fingerprint density at radius 2 is 1.76 bits per heavy atom. The molecule has 0 aliphatic carbocycles. The lowest BCUT2D eigenvalue weighted by molar-refractivity contribution is 0.0739. The van der Waals surface area contributed by atoms with Gasteiger partial charge < -0.3 is 25.0 Å². The number of ether oxygens (including phenoxy) is 2. The van der Waals surface area contributed by atoms with Crippen molar-refractivity contribution in [3.63, 3.8) is 0 Å². The number of nitrogen functional groups attached to an aromatic ring is 1. The highest BCUT2D eigenvalue weighted by atomic mass is 16.5. The highest BCUT2D eigenvalue weighted by Gasteiger charge is 2.25. The van der Waals surface area contributed by atoms with Gasteiger partial charge in [-0.05, 0) is 12.1 Å². The first-order valence-electron chi connectivity index (χ1n) is 9.23. The summed E-state index contributed by atoms with van der Waals surface area (Å²) >= 11 is 0. The first-order valence-corrected chi connectivity index (χ1v) is 9.23. The smallest absolute Gasteiger partial charge is 0.274 e. The van der Waals surface area contributed by atoms with E-state index in [-0.39, 0.29) is 5.91 Å². The van der Waals surface area contributed by atoms with E-state index < -0.39 is 0 Å². The molecule has 1 amide bonds. The van der Waals surface area contributed by atoms with Crippen molar-refractivity contribution < 1.29 is 14.3 Å². The number of nitrogens with zero attached hydrogens (tertiary/aromatic N) is 6. The lowest BCUT2D eigenvalue weighted by Gasteiger charge is -2.34. The summed E-state index contributed by atoms with van der Waals surface area (Å²) in [6, 6.07) is 5.29. The maximum atomic E-state index is 12.6. The van der Waals surface area contributed by atoms with Gasteiger partial charge in [-0.3, -0.25) is 9.48 Å². The number of benzene rings is 1. The van der Waals surface area contributed by atoms with Crippen LogP contribution in [0.25, 0.3) is 10.9 Å². The molecule has 4 rings (SSSR count). The summed E-state index contributed by atoms with van der Waals surface area (Å²) < 4.78 is 12.3. The number of methoxy groups -OCH3 is 2. The molecule has 1 aliphatic rings. The van der Waals surface area contributed by atoms with Crippen molar-refractivity contribution in [3.8, 4) is 11.5 Å². The Hall–Kier alpha value is -3.56. The molecular formula is C19H23N7O3. The topological polar surface area (TPSA) is 112 Å². The monoisotopic (exact) mass is 397 g/mol. The van der Waals surface area contributed by atoms with Crippen molar-refractivity contribution in [2.24, 2.45) is 7.05 Å². The second-order valence-electron chi connectivity index (χ2n) is 6.79. The fourth-order valence-corrected chi connectivity index (χ4v) is 3.41. The number of aryl methyl sites for hydroxylation is 1. The Bertz CT molecular complexity index is 1060. The minimum atomic E-state index is -0.0685. The minimum absolute atomic E-state index is 0.0685. The normalized spacial score (nSPS) is 14.3. The number of piperazine rings is 1. The van der Waals surface area contributed by atoms with Gasteiger partial charge in [0.1, 0.15) is 11.5 Å². The average Bonchev–Trinajstić information content (AvgIpc) is 3.18. The summed E-state index contributed by atoms with van der Waals surface area (Å²) in [6.07, 6.45) is 1.76. The molecule has 3 heterocycles. The minimum Gasteiger partial charge on any atom is -0.493 e. The van der Waals surface area contributed by atoms with Gasteiger partial charge in [0.25, 0.3) is 5.91 Å². The van der Waals surface area contributed by atoms with Gasteiger partial charge in [-0.2, -0.15) is 10.1 Å². The molecule has 29 heavy (non-hydrogen) atoms. The molecule has 0 bridgehead atoms. The van der Waals surface area contributed by atoms with E-state index in [0.29, 0.717) is 66.0 Å². The molecule has 0 spiro atoms. The van der Waals surface area contributed by atoms with E-state index in [9.17, 15) is 4.79 Å². The van der Waals surface area contributed by atoms with Crippen LogP contribution in [0.4, 0.5) is 11.8 Å². The first-order chi connectivity index (χ1) is 14.0. The zero-order valence-electron chi connectivity index (χ0n) is 16.6. The predicted molar refractivity (Wildman–Crippen MR) is 108 cm³/mol. The van der Waals surface area contributed by atoms with E-state index in [1.54, 1.807) is 55.2 Å². The van der Waals surface area contributed by atoms with E-state index in [1.807, 2.05) is 4.90 Å². The van der Waals surface area contributed by atoms with Crippen LogP contribution in [0.3, 0.4) is 0 Å². The van der Waals surface area contributed by atoms with Crippen molar-refractivity contribution in [3.05, 3.63) is 30.1 Å². The molecule has 10 nitrogen and oxygen atoms in total. The fraction of sp³-hybridized carbons (Fsp3) is 0.368. The number of hydrogen-bond donors (Lipinski definition) is 1. The van der Waals surface area contributed by atoms with Crippen LogP contribution in [0.5, 0.6) is 11.5 Å². The Morgan fingerprint density at radius 1 is 1.07 bits per heavy atom. The van der Waals surface area contributed by atoms with Crippen LogP contribution in [-0.4, -0.2) is 71.0 Å². The van der Waals surface area contributed by atoms with Crippen molar-refractivity contribution >= 4 is 28.6 Å². The lowest BCUT2D eigenvalue weighted by atomic mass is 10.2. The van der Waals surface area contributed by atoms with Crippen molar-refractivity contribution in [1.29, 1.82) is 0 Å². The summed E-state index contributed by atoms with van der Waals surface area (Å²) in [5.74, 6) is 1.99. The molecule has 0 unspecified atom stereocenters. The van der Waals surface area contributed by atoms with Gasteiger partial charge in [-0.1, -0.05) is 0 Å². The molecule has 2 N–H and O–H groups in total. The molecule has 2 aromatic heterocycles. The Morgan fingerprint density at radius 3 is 2.38 bits per heavy atom. The Labute approximate surface area is 167 Å². The van der Waals surface area contributed by atoms with Gasteiger partial charge in [0.05, 0.1) is 19.7 Å². The molecule has 1 saturated heterocycles. The van der Waals surface area contributed by atoms with Gasteiger partial charge in [0.2, 0.25) is 5.95 Å². The molecule has 1 aliphatic heterocycles. The molecule has 0 radical (unpaired) electrons. The zero-order chi connectivity index (χ0) is 20.5. The summed E-state index contributed by atoms with van der Waals surface area (Å²) in [4.78, 5) is 25.5. The third-order valence-corrected chi connectivity index (χ3v) is 5.00. The number of anilines is 2.